The molecule has 7 heteroatoms. The van der Waals surface area contributed by atoms with Crippen molar-refractivity contribution in [3.05, 3.63) is 76.2 Å². The first-order chi connectivity index (χ1) is 11.7. The molecule has 6 nitrogen and oxygen atoms in total. The van der Waals surface area contributed by atoms with Gasteiger partial charge in [0.15, 0.2) is 0 Å². The number of hydrogen-bond donors (Lipinski definition) is 1. The van der Waals surface area contributed by atoms with Crippen molar-refractivity contribution in [3.8, 4) is 16.3 Å². The standard InChI is InChI=1S/C17H12N4O2S/c22-13-8-4-7-12(10-13)15-20-21-16(23)14(18-19-17(21)24-15)9-11-5-2-1-3-6-11/h1-8,10,22H,9H2. The molecule has 2 heterocycles. The second kappa shape index (κ2) is 5.86. The molecule has 4 rings (SSSR count). The Kier molecular flexibility index (Phi) is 3.55. The van der Waals surface area contributed by atoms with Crippen molar-refractivity contribution in [3.63, 3.8) is 0 Å². The van der Waals surface area contributed by atoms with Crippen molar-refractivity contribution in [2.75, 3.05) is 0 Å². The Hall–Kier alpha value is -3.06. The molecule has 1 N–H and O–H groups in total. The molecule has 0 fully saturated rings. The normalized spacial score (nSPS) is 11.0. The zero-order chi connectivity index (χ0) is 16.5. The summed E-state index contributed by atoms with van der Waals surface area (Å²) in [4.78, 5) is 13.0. The van der Waals surface area contributed by atoms with E-state index in [4.69, 9.17) is 0 Å². The third-order valence-corrected chi connectivity index (χ3v) is 4.51. The number of aromatic hydroxyl groups is 1. The number of aromatic nitrogens is 4. The number of fused-ring (bicyclic) bond motifs is 1. The summed E-state index contributed by atoms with van der Waals surface area (Å²) in [5.41, 5.74) is 1.81. The summed E-state index contributed by atoms with van der Waals surface area (Å²) in [5, 5.41) is 22.7. The Labute approximate surface area is 140 Å². The van der Waals surface area contributed by atoms with Crippen LogP contribution in [0.3, 0.4) is 0 Å². The van der Waals surface area contributed by atoms with Crippen LogP contribution in [-0.2, 0) is 6.42 Å². The van der Waals surface area contributed by atoms with E-state index >= 15 is 0 Å². The van der Waals surface area contributed by atoms with E-state index in [9.17, 15) is 9.90 Å². The molecule has 0 saturated heterocycles. The van der Waals surface area contributed by atoms with Crippen molar-refractivity contribution in [2.45, 2.75) is 6.42 Å². The predicted octanol–water partition coefficient (Wildman–Crippen LogP) is 2.51. The molecule has 2 aromatic carbocycles. The van der Waals surface area contributed by atoms with Crippen molar-refractivity contribution in [1.29, 1.82) is 0 Å². The summed E-state index contributed by atoms with van der Waals surface area (Å²) in [5.74, 6) is 0.148. The molecule has 118 valence electrons. The summed E-state index contributed by atoms with van der Waals surface area (Å²) in [7, 11) is 0. The first kappa shape index (κ1) is 14.5. The van der Waals surface area contributed by atoms with Crippen LogP contribution < -0.4 is 5.56 Å². The lowest BCUT2D eigenvalue weighted by atomic mass is 10.1. The van der Waals surface area contributed by atoms with E-state index in [0.29, 0.717) is 22.1 Å². The Morgan fingerprint density at radius 2 is 1.88 bits per heavy atom. The summed E-state index contributed by atoms with van der Waals surface area (Å²) in [6, 6.07) is 16.4. The van der Waals surface area contributed by atoms with Gasteiger partial charge in [-0.2, -0.15) is 9.61 Å². The first-order valence-electron chi connectivity index (χ1n) is 7.29. The maximum Gasteiger partial charge on any atom is 0.297 e. The lowest BCUT2D eigenvalue weighted by Crippen LogP contribution is -2.22. The highest BCUT2D eigenvalue weighted by Gasteiger charge is 2.13. The van der Waals surface area contributed by atoms with Gasteiger partial charge in [-0.3, -0.25) is 4.79 Å². The van der Waals surface area contributed by atoms with Gasteiger partial charge in [-0.05, 0) is 17.7 Å². The van der Waals surface area contributed by atoms with Crippen LogP contribution in [0.5, 0.6) is 5.75 Å². The third-order valence-electron chi connectivity index (χ3n) is 3.56. The average Bonchev–Trinajstić information content (AvgIpc) is 3.04. The minimum Gasteiger partial charge on any atom is -0.508 e. The first-order valence-corrected chi connectivity index (χ1v) is 8.11. The number of phenolic OH excluding ortho intramolecular Hbond substituents is 1. The monoisotopic (exact) mass is 336 g/mol. The Morgan fingerprint density at radius 3 is 2.67 bits per heavy atom. The average molecular weight is 336 g/mol. The van der Waals surface area contributed by atoms with E-state index in [2.05, 4.69) is 15.3 Å². The largest absolute Gasteiger partial charge is 0.508 e. The minimum atomic E-state index is -0.272. The molecule has 0 unspecified atom stereocenters. The third kappa shape index (κ3) is 2.65. The van der Waals surface area contributed by atoms with Crippen LogP contribution in [0.4, 0.5) is 0 Å². The van der Waals surface area contributed by atoms with E-state index in [1.54, 1.807) is 18.2 Å². The number of rotatable bonds is 3. The molecular formula is C17H12N4O2S. The van der Waals surface area contributed by atoms with Crippen molar-refractivity contribution in [2.24, 2.45) is 0 Å². The number of hydrogen-bond acceptors (Lipinski definition) is 6. The van der Waals surface area contributed by atoms with Gasteiger partial charge in [0.25, 0.3) is 5.56 Å². The van der Waals surface area contributed by atoms with Crippen molar-refractivity contribution < 1.29 is 5.11 Å². The Bertz CT molecular complexity index is 1070. The highest BCUT2D eigenvalue weighted by molar-refractivity contribution is 7.19. The zero-order valence-corrected chi connectivity index (χ0v) is 13.3. The van der Waals surface area contributed by atoms with Gasteiger partial charge in [0.05, 0.1) is 0 Å². The number of nitrogens with zero attached hydrogens (tertiary/aromatic N) is 4. The lowest BCUT2D eigenvalue weighted by Gasteiger charge is -1.99. The second-order valence-corrected chi connectivity index (χ2v) is 6.22. The smallest absolute Gasteiger partial charge is 0.297 e. The fourth-order valence-corrected chi connectivity index (χ4v) is 3.23. The molecule has 0 radical (unpaired) electrons. The highest BCUT2D eigenvalue weighted by atomic mass is 32.1. The number of benzene rings is 2. The van der Waals surface area contributed by atoms with Crippen molar-refractivity contribution >= 4 is 16.3 Å². The highest BCUT2D eigenvalue weighted by Crippen LogP contribution is 2.26. The molecule has 0 amide bonds. The van der Waals surface area contributed by atoms with E-state index in [1.165, 1.54) is 15.9 Å². The summed E-state index contributed by atoms with van der Waals surface area (Å²) in [6.07, 6.45) is 0.411. The maximum absolute atomic E-state index is 12.6. The molecule has 0 aliphatic carbocycles. The summed E-state index contributed by atoms with van der Waals surface area (Å²) in [6.45, 7) is 0. The van der Waals surface area contributed by atoms with Crippen LogP contribution in [0.1, 0.15) is 11.3 Å². The SMILES string of the molecule is O=c1c(Cc2ccccc2)nnc2sc(-c3cccc(O)c3)nn12. The molecular weight excluding hydrogens is 324 g/mol. The van der Waals surface area contributed by atoms with Gasteiger partial charge in [0, 0.05) is 12.0 Å². The quantitative estimate of drug-likeness (QED) is 0.622. The van der Waals surface area contributed by atoms with E-state index < -0.39 is 0 Å². The molecule has 0 saturated carbocycles. The molecule has 0 bridgehead atoms. The fraction of sp³-hybridized carbons (Fsp3) is 0.0588. The zero-order valence-electron chi connectivity index (χ0n) is 12.5. The molecule has 2 aromatic heterocycles. The summed E-state index contributed by atoms with van der Waals surface area (Å²) < 4.78 is 1.27. The van der Waals surface area contributed by atoms with E-state index in [0.717, 1.165) is 11.1 Å². The molecule has 0 atom stereocenters. The van der Waals surface area contributed by atoms with Crippen LogP contribution in [0.2, 0.25) is 0 Å². The summed E-state index contributed by atoms with van der Waals surface area (Å²) >= 11 is 1.26. The van der Waals surface area contributed by atoms with Gasteiger partial charge in [0.1, 0.15) is 16.5 Å². The molecule has 0 aliphatic heterocycles. The van der Waals surface area contributed by atoms with Crippen LogP contribution in [-0.4, -0.2) is 24.9 Å². The van der Waals surface area contributed by atoms with Gasteiger partial charge in [-0.1, -0.05) is 53.8 Å². The van der Waals surface area contributed by atoms with Crippen LogP contribution >= 0.6 is 11.3 Å². The van der Waals surface area contributed by atoms with Gasteiger partial charge < -0.3 is 5.11 Å². The van der Waals surface area contributed by atoms with Crippen LogP contribution in [0, 0.1) is 0 Å². The Balaban J connectivity index is 1.78. The lowest BCUT2D eigenvalue weighted by molar-refractivity contribution is 0.475. The Morgan fingerprint density at radius 1 is 1.04 bits per heavy atom. The minimum absolute atomic E-state index is 0.148. The predicted molar refractivity (Wildman–Crippen MR) is 91.3 cm³/mol. The van der Waals surface area contributed by atoms with E-state index in [-0.39, 0.29) is 11.3 Å². The van der Waals surface area contributed by atoms with Gasteiger partial charge in [-0.25, -0.2) is 0 Å². The number of phenols is 1. The van der Waals surface area contributed by atoms with Gasteiger partial charge in [-0.15, -0.1) is 10.2 Å². The molecule has 4 aromatic rings. The fourth-order valence-electron chi connectivity index (χ4n) is 2.40. The van der Waals surface area contributed by atoms with Gasteiger partial charge >= 0.3 is 0 Å². The van der Waals surface area contributed by atoms with Crippen LogP contribution in [0.25, 0.3) is 15.5 Å². The maximum atomic E-state index is 12.6. The molecule has 0 aliphatic rings. The second-order valence-electron chi connectivity index (χ2n) is 5.27. The molecule has 0 spiro atoms. The molecule has 24 heavy (non-hydrogen) atoms. The van der Waals surface area contributed by atoms with Gasteiger partial charge in [0.2, 0.25) is 4.96 Å². The van der Waals surface area contributed by atoms with Crippen LogP contribution in [0.15, 0.2) is 59.4 Å². The van der Waals surface area contributed by atoms with E-state index in [1.807, 2.05) is 36.4 Å². The topological polar surface area (TPSA) is 80.4 Å². The van der Waals surface area contributed by atoms with Crippen molar-refractivity contribution in [1.82, 2.24) is 19.8 Å².